The van der Waals surface area contributed by atoms with Crippen LogP contribution in [0.5, 0.6) is 0 Å². The quantitative estimate of drug-likeness (QED) is 0.603. The lowest BCUT2D eigenvalue weighted by molar-refractivity contribution is 0.659. The van der Waals surface area contributed by atoms with Gasteiger partial charge in [-0.15, -0.1) is 23.4 Å². The van der Waals surface area contributed by atoms with Crippen LogP contribution in [0.1, 0.15) is 18.1 Å². The van der Waals surface area contributed by atoms with Gasteiger partial charge in [0, 0.05) is 34.8 Å². The Morgan fingerprint density at radius 3 is 2.59 bits per heavy atom. The van der Waals surface area contributed by atoms with Gasteiger partial charge in [-0.1, -0.05) is 12.1 Å². The van der Waals surface area contributed by atoms with Gasteiger partial charge in [0.05, 0.1) is 6.20 Å². The summed E-state index contributed by atoms with van der Waals surface area (Å²) in [4.78, 5) is 1.27. The first-order valence-corrected chi connectivity index (χ1v) is 7.13. The van der Waals surface area contributed by atoms with Gasteiger partial charge in [0.25, 0.3) is 0 Å². The van der Waals surface area contributed by atoms with Crippen LogP contribution in [0.2, 0.25) is 0 Å². The van der Waals surface area contributed by atoms with E-state index in [9.17, 15) is 0 Å². The monoisotopic (exact) mass is 266 g/mol. The second-order valence-electron chi connectivity index (χ2n) is 3.77. The van der Waals surface area contributed by atoms with Gasteiger partial charge in [0.1, 0.15) is 0 Å². The molecule has 4 heteroatoms. The zero-order valence-corrected chi connectivity index (χ0v) is 11.3. The normalized spacial score (nSPS) is 10.7. The molecular formula is C13H15ClN2S. The molecule has 2 rings (SSSR count). The second kappa shape index (κ2) is 6.12. The highest BCUT2D eigenvalue weighted by molar-refractivity contribution is 7.98. The van der Waals surface area contributed by atoms with Gasteiger partial charge in [-0.3, -0.25) is 4.68 Å². The number of halogens is 1. The largest absolute Gasteiger partial charge is 0.273 e. The molecule has 0 bridgehead atoms. The van der Waals surface area contributed by atoms with Crippen molar-refractivity contribution in [3.63, 3.8) is 0 Å². The molecule has 1 aromatic carbocycles. The molecule has 1 heterocycles. The molecule has 1 aromatic heterocycles. The third-order valence-corrected chi connectivity index (χ3v) is 3.89. The number of thioether (sulfide) groups is 1. The number of aromatic nitrogens is 2. The average Bonchev–Trinajstić information content (AvgIpc) is 2.85. The maximum Gasteiger partial charge on any atom is 0.0530 e. The maximum absolute atomic E-state index is 5.75. The van der Waals surface area contributed by atoms with Crippen LogP contribution in [0.4, 0.5) is 0 Å². The van der Waals surface area contributed by atoms with Crippen molar-refractivity contribution in [2.75, 3.05) is 0 Å². The zero-order valence-electron chi connectivity index (χ0n) is 9.77. The van der Waals surface area contributed by atoms with E-state index in [1.54, 1.807) is 0 Å². The highest BCUT2D eigenvalue weighted by Crippen LogP contribution is 2.23. The van der Waals surface area contributed by atoms with Gasteiger partial charge in [-0.25, -0.2) is 0 Å². The van der Waals surface area contributed by atoms with Crippen molar-refractivity contribution < 1.29 is 0 Å². The highest BCUT2D eigenvalue weighted by atomic mass is 35.5. The summed E-state index contributed by atoms with van der Waals surface area (Å²) in [5.41, 5.74) is 2.42. The first kappa shape index (κ1) is 12.5. The number of alkyl halides is 1. The minimum atomic E-state index is 0.578. The summed E-state index contributed by atoms with van der Waals surface area (Å²) >= 11 is 7.57. The average molecular weight is 267 g/mol. The number of benzene rings is 1. The van der Waals surface area contributed by atoms with E-state index < -0.39 is 0 Å². The Kier molecular flexibility index (Phi) is 4.51. The van der Waals surface area contributed by atoms with Crippen LogP contribution in [-0.2, 0) is 18.2 Å². The Morgan fingerprint density at radius 1 is 1.24 bits per heavy atom. The molecule has 0 unspecified atom stereocenters. The van der Waals surface area contributed by atoms with Gasteiger partial charge in [0.2, 0.25) is 0 Å². The number of rotatable bonds is 5. The van der Waals surface area contributed by atoms with Crippen LogP contribution in [0, 0.1) is 0 Å². The fourth-order valence-electron chi connectivity index (χ4n) is 1.50. The summed E-state index contributed by atoms with van der Waals surface area (Å²) in [5.74, 6) is 1.54. The second-order valence-corrected chi connectivity index (χ2v) is 5.09. The Bertz CT molecular complexity index is 465. The molecule has 17 heavy (non-hydrogen) atoms. The number of hydrogen-bond acceptors (Lipinski definition) is 2. The fraction of sp³-hybridized carbons (Fsp3) is 0.308. The van der Waals surface area contributed by atoms with E-state index in [0.29, 0.717) is 5.88 Å². The highest BCUT2D eigenvalue weighted by Gasteiger charge is 1.99. The molecule has 0 saturated carbocycles. The van der Waals surface area contributed by atoms with Crippen molar-refractivity contribution in [1.29, 1.82) is 0 Å². The van der Waals surface area contributed by atoms with E-state index in [1.165, 1.54) is 10.5 Å². The molecule has 0 aliphatic heterocycles. The summed E-state index contributed by atoms with van der Waals surface area (Å²) in [7, 11) is 0. The first-order chi connectivity index (χ1) is 8.31. The van der Waals surface area contributed by atoms with Crippen molar-refractivity contribution in [2.24, 2.45) is 0 Å². The molecule has 0 aliphatic rings. The van der Waals surface area contributed by atoms with Crippen molar-refractivity contribution in [3.05, 3.63) is 47.8 Å². The van der Waals surface area contributed by atoms with Gasteiger partial charge in [-0.05, 0) is 24.6 Å². The number of nitrogens with zero attached hydrogens (tertiary/aromatic N) is 2. The number of hydrogen-bond donors (Lipinski definition) is 0. The third-order valence-electron chi connectivity index (χ3n) is 2.49. The first-order valence-electron chi connectivity index (χ1n) is 5.61. The van der Waals surface area contributed by atoms with E-state index in [4.69, 9.17) is 11.6 Å². The Hall–Kier alpha value is -0.930. The predicted molar refractivity (Wildman–Crippen MR) is 73.5 cm³/mol. The molecule has 0 N–H and O–H groups in total. The molecule has 0 amide bonds. The van der Waals surface area contributed by atoms with Gasteiger partial charge in [0.15, 0.2) is 0 Å². The van der Waals surface area contributed by atoms with Crippen LogP contribution >= 0.6 is 23.4 Å². The molecule has 0 atom stereocenters. The molecule has 90 valence electrons. The molecule has 0 spiro atoms. The number of aryl methyl sites for hydroxylation is 1. The smallest absolute Gasteiger partial charge is 0.0530 e. The van der Waals surface area contributed by atoms with E-state index in [-0.39, 0.29) is 0 Å². The molecule has 2 nitrogen and oxygen atoms in total. The van der Waals surface area contributed by atoms with E-state index in [1.807, 2.05) is 22.6 Å². The molecule has 0 aliphatic carbocycles. The Balaban J connectivity index is 1.92. The lowest BCUT2D eigenvalue weighted by Crippen LogP contribution is -1.92. The SMILES string of the molecule is CCn1cc(CSc2ccc(CCl)cc2)cn1. The lowest BCUT2D eigenvalue weighted by atomic mass is 10.2. The van der Waals surface area contributed by atoms with Crippen molar-refractivity contribution >= 4 is 23.4 Å². The minimum Gasteiger partial charge on any atom is -0.273 e. The minimum absolute atomic E-state index is 0.578. The van der Waals surface area contributed by atoms with Crippen LogP contribution in [-0.4, -0.2) is 9.78 Å². The predicted octanol–water partition coefficient (Wildman–Crippen LogP) is 3.93. The molecule has 0 saturated heterocycles. The molecule has 2 aromatic rings. The van der Waals surface area contributed by atoms with Crippen LogP contribution < -0.4 is 0 Å². The topological polar surface area (TPSA) is 17.8 Å². The van der Waals surface area contributed by atoms with Gasteiger partial charge in [-0.2, -0.15) is 5.10 Å². The summed E-state index contributed by atoms with van der Waals surface area (Å²) in [6.07, 6.45) is 4.03. The van der Waals surface area contributed by atoms with Crippen LogP contribution in [0.3, 0.4) is 0 Å². The molecule has 0 fully saturated rings. The Morgan fingerprint density at radius 2 is 2.00 bits per heavy atom. The van der Waals surface area contributed by atoms with Crippen LogP contribution in [0.15, 0.2) is 41.6 Å². The summed E-state index contributed by atoms with van der Waals surface area (Å²) in [5, 5.41) is 4.26. The molecular weight excluding hydrogens is 252 g/mol. The van der Waals surface area contributed by atoms with E-state index in [0.717, 1.165) is 17.9 Å². The van der Waals surface area contributed by atoms with Crippen molar-refractivity contribution in [3.8, 4) is 0 Å². The summed E-state index contributed by atoms with van der Waals surface area (Å²) < 4.78 is 1.95. The van der Waals surface area contributed by atoms with E-state index in [2.05, 4.69) is 42.5 Å². The Labute approximate surface area is 111 Å². The van der Waals surface area contributed by atoms with Crippen molar-refractivity contribution in [1.82, 2.24) is 9.78 Å². The van der Waals surface area contributed by atoms with E-state index >= 15 is 0 Å². The van der Waals surface area contributed by atoms with Crippen molar-refractivity contribution in [2.45, 2.75) is 30.0 Å². The van der Waals surface area contributed by atoms with Gasteiger partial charge >= 0.3 is 0 Å². The van der Waals surface area contributed by atoms with Crippen LogP contribution in [0.25, 0.3) is 0 Å². The fourth-order valence-corrected chi connectivity index (χ4v) is 2.48. The molecule has 0 radical (unpaired) electrons. The lowest BCUT2D eigenvalue weighted by Gasteiger charge is -2.01. The standard InChI is InChI=1S/C13H15ClN2S/c1-2-16-9-12(8-15-16)10-17-13-5-3-11(7-14)4-6-13/h3-6,8-9H,2,7,10H2,1H3. The third kappa shape index (κ3) is 3.51. The zero-order chi connectivity index (χ0) is 12.1. The summed E-state index contributed by atoms with van der Waals surface area (Å²) in [6, 6.07) is 8.38. The summed E-state index contributed by atoms with van der Waals surface area (Å²) in [6.45, 7) is 3.02. The van der Waals surface area contributed by atoms with Gasteiger partial charge < -0.3 is 0 Å². The maximum atomic E-state index is 5.75.